The van der Waals surface area contributed by atoms with Crippen LogP contribution in [-0.4, -0.2) is 13.1 Å². The number of hydrogen-bond donors (Lipinski definition) is 0. The van der Waals surface area contributed by atoms with Crippen molar-refractivity contribution in [1.29, 1.82) is 0 Å². The summed E-state index contributed by atoms with van der Waals surface area (Å²) in [5, 5.41) is 1.34. The summed E-state index contributed by atoms with van der Waals surface area (Å²) in [5.74, 6) is -0.215. The van der Waals surface area contributed by atoms with Crippen molar-refractivity contribution in [2.24, 2.45) is 0 Å². The third-order valence-corrected chi connectivity index (χ3v) is 4.80. The van der Waals surface area contributed by atoms with E-state index < -0.39 is 8.07 Å². The molecule has 88 valence electrons. The number of hydrogen-bond acceptors (Lipinski definition) is 1. The van der Waals surface area contributed by atoms with Gasteiger partial charge in [0.05, 0.1) is 13.8 Å². The zero-order chi connectivity index (χ0) is 12.5. The van der Waals surface area contributed by atoms with Gasteiger partial charge in [0.2, 0.25) is 0 Å². The molecule has 17 heavy (non-hydrogen) atoms. The van der Waals surface area contributed by atoms with E-state index in [-0.39, 0.29) is 5.82 Å². The Hall–Kier alpha value is -1.48. The third kappa shape index (κ3) is 2.80. The Balaban J connectivity index is 2.33. The Bertz CT molecular complexity index is 497. The number of rotatable bonds is 2. The minimum atomic E-state index is -1.29. The predicted octanol–water partition coefficient (Wildman–Crippen LogP) is 3.43. The van der Waals surface area contributed by atoms with Crippen molar-refractivity contribution in [3.63, 3.8) is 0 Å². The summed E-state index contributed by atoms with van der Waals surface area (Å²) in [6, 6.07) is 10.6. The largest absolute Gasteiger partial charge is 0.256 e. The smallest absolute Gasteiger partial charge is 0.123 e. The average Bonchev–Trinajstić information content (AvgIpc) is 2.29. The molecular formula is C14H16FNSi. The van der Waals surface area contributed by atoms with Gasteiger partial charge < -0.3 is 0 Å². The lowest BCUT2D eigenvalue weighted by atomic mass is 10.1. The predicted molar refractivity (Wildman–Crippen MR) is 72.6 cm³/mol. The van der Waals surface area contributed by atoms with Crippen LogP contribution in [0.25, 0.3) is 11.3 Å². The summed E-state index contributed by atoms with van der Waals surface area (Å²) in [7, 11) is -1.29. The van der Waals surface area contributed by atoms with Crippen LogP contribution in [0.1, 0.15) is 0 Å². The third-order valence-electron chi connectivity index (χ3n) is 2.77. The summed E-state index contributed by atoms with van der Waals surface area (Å²) in [6.45, 7) is 6.88. The lowest BCUT2D eigenvalue weighted by Gasteiger charge is -2.16. The summed E-state index contributed by atoms with van der Waals surface area (Å²) < 4.78 is 12.8. The molecule has 3 heteroatoms. The molecule has 0 atom stereocenters. The number of benzene rings is 1. The van der Waals surface area contributed by atoms with Gasteiger partial charge in [-0.25, -0.2) is 4.39 Å². The van der Waals surface area contributed by atoms with E-state index in [0.29, 0.717) is 0 Å². The van der Waals surface area contributed by atoms with Gasteiger partial charge >= 0.3 is 0 Å². The van der Waals surface area contributed by atoms with Crippen molar-refractivity contribution >= 4 is 13.3 Å². The lowest BCUT2D eigenvalue weighted by molar-refractivity contribution is 0.628. The molecule has 0 aliphatic heterocycles. The maximum absolute atomic E-state index is 12.8. The van der Waals surface area contributed by atoms with E-state index in [1.54, 1.807) is 12.1 Å². The van der Waals surface area contributed by atoms with Gasteiger partial charge in [-0.1, -0.05) is 25.7 Å². The molecule has 1 aromatic carbocycles. The first-order valence-corrected chi connectivity index (χ1v) is 9.19. The molecule has 0 radical (unpaired) electrons. The van der Waals surface area contributed by atoms with E-state index in [1.807, 2.05) is 12.3 Å². The molecule has 0 saturated heterocycles. The first kappa shape index (κ1) is 12.0. The number of pyridine rings is 1. The van der Waals surface area contributed by atoms with Gasteiger partial charge in [-0.15, -0.1) is 0 Å². The van der Waals surface area contributed by atoms with Crippen LogP contribution >= 0.6 is 0 Å². The highest BCUT2D eigenvalue weighted by Gasteiger charge is 2.16. The Morgan fingerprint density at radius 3 is 2.06 bits per heavy atom. The van der Waals surface area contributed by atoms with E-state index in [4.69, 9.17) is 0 Å². The molecule has 0 saturated carbocycles. The first-order chi connectivity index (χ1) is 7.97. The van der Waals surface area contributed by atoms with Gasteiger partial charge in [-0.2, -0.15) is 0 Å². The highest BCUT2D eigenvalue weighted by molar-refractivity contribution is 6.88. The van der Waals surface area contributed by atoms with Crippen molar-refractivity contribution in [3.8, 4) is 11.3 Å². The normalized spacial score (nSPS) is 11.5. The van der Waals surface area contributed by atoms with E-state index >= 15 is 0 Å². The Morgan fingerprint density at radius 2 is 1.59 bits per heavy atom. The topological polar surface area (TPSA) is 12.9 Å². The molecule has 1 nitrogen and oxygen atoms in total. The van der Waals surface area contributed by atoms with Crippen molar-refractivity contribution in [2.75, 3.05) is 0 Å². The summed E-state index contributed by atoms with van der Waals surface area (Å²) in [4.78, 5) is 4.46. The summed E-state index contributed by atoms with van der Waals surface area (Å²) >= 11 is 0. The zero-order valence-corrected chi connectivity index (χ0v) is 11.4. The second-order valence-electron chi connectivity index (χ2n) is 5.19. The number of nitrogens with zero attached hydrogens (tertiary/aromatic N) is 1. The molecular weight excluding hydrogens is 229 g/mol. The molecule has 0 bridgehead atoms. The average molecular weight is 245 g/mol. The zero-order valence-electron chi connectivity index (χ0n) is 10.4. The summed E-state index contributed by atoms with van der Waals surface area (Å²) in [5.41, 5.74) is 1.85. The van der Waals surface area contributed by atoms with Crippen LogP contribution in [0.2, 0.25) is 19.6 Å². The maximum atomic E-state index is 12.8. The number of aromatic nitrogens is 1. The SMILES string of the molecule is C[Si](C)(C)c1ccc(-c2ccc(F)cc2)nc1. The van der Waals surface area contributed by atoms with Crippen LogP contribution in [0.4, 0.5) is 4.39 Å². The fraction of sp³-hybridized carbons (Fsp3) is 0.214. The van der Waals surface area contributed by atoms with Crippen LogP contribution in [0.15, 0.2) is 42.6 Å². The van der Waals surface area contributed by atoms with E-state index in [1.165, 1.54) is 17.3 Å². The molecule has 2 aromatic rings. The highest BCUT2D eigenvalue weighted by Crippen LogP contribution is 2.16. The van der Waals surface area contributed by atoms with Crippen LogP contribution < -0.4 is 5.19 Å². The van der Waals surface area contributed by atoms with Crippen molar-refractivity contribution < 1.29 is 4.39 Å². The molecule has 0 fully saturated rings. The molecule has 0 spiro atoms. The second kappa shape index (κ2) is 4.41. The monoisotopic (exact) mass is 245 g/mol. The quantitative estimate of drug-likeness (QED) is 0.739. The van der Waals surface area contributed by atoms with E-state index in [2.05, 4.69) is 30.7 Å². The number of halogens is 1. The van der Waals surface area contributed by atoms with Crippen molar-refractivity contribution in [2.45, 2.75) is 19.6 Å². The second-order valence-corrected chi connectivity index (χ2v) is 10.3. The molecule has 0 amide bonds. The van der Waals surface area contributed by atoms with Crippen LogP contribution in [0, 0.1) is 5.82 Å². The van der Waals surface area contributed by atoms with Gasteiger partial charge in [0, 0.05) is 11.8 Å². The molecule has 0 N–H and O–H groups in total. The van der Waals surface area contributed by atoms with Gasteiger partial charge in [0.25, 0.3) is 0 Å². The van der Waals surface area contributed by atoms with E-state index in [0.717, 1.165) is 11.3 Å². The molecule has 0 aliphatic carbocycles. The Kier molecular flexibility index (Phi) is 3.11. The van der Waals surface area contributed by atoms with Crippen molar-refractivity contribution in [3.05, 3.63) is 48.4 Å². The van der Waals surface area contributed by atoms with Gasteiger partial charge in [0.1, 0.15) is 5.82 Å². The molecule has 0 aliphatic rings. The van der Waals surface area contributed by atoms with Crippen LogP contribution in [0.3, 0.4) is 0 Å². The summed E-state index contributed by atoms with van der Waals surface area (Å²) in [6.07, 6.45) is 1.95. The highest BCUT2D eigenvalue weighted by atomic mass is 28.3. The van der Waals surface area contributed by atoms with Gasteiger partial charge in [-0.3, -0.25) is 4.98 Å². The molecule has 1 heterocycles. The van der Waals surface area contributed by atoms with Crippen LogP contribution in [-0.2, 0) is 0 Å². The fourth-order valence-corrected chi connectivity index (χ4v) is 2.66. The molecule has 1 aromatic heterocycles. The minimum Gasteiger partial charge on any atom is -0.256 e. The standard InChI is InChI=1S/C14H16FNSi/c1-17(2,3)13-8-9-14(16-10-13)11-4-6-12(15)7-5-11/h4-10H,1-3H3. The maximum Gasteiger partial charge on any atom is 0.123 e. The molecule has 2 rings (SSSR count). The fourth-order valence-electron chi connectivity index (χ4n) is 1.63. The van der Waals surface area contributed by atoms with Gasteiger partial charge in [0.15, 0.2) is 0 Å². The molecule has 0 unspecified atom stereocenters. The first-order valence-electron chi connectivity index (χ1n) is 5.69. The Morgan fingerprint density at radius 1 is 0.941 bits per heavy atom. The minimum absolute atomic E-state index is 0.215. The lowest BCUT2D eigenvalue weighted by Crippen LogP contribution is -2.37. The van der Waals surface area contributed by atoms with E-state index in [9.17, 15) is 4.39 Å². The Labute approximate surface area is 102 Å². The van der Waals surface area contributed by atoms with Crippen LogP contribution in [0.5, 0.6) is 0 Å². The van der Waals surface area contributed by atoms with Crippen molar-refractivity contribution in [1.82, 2.24) is 4.98 Å². The van der Waals surface area contributed by atoms with Gasteiger partial charge in [-0.05, 0) is 35.5 Å².